The number of benzene rings is 2. The molecule has 1 N–H and O–H groups in total. The first-order valence-corrected chi connectivity index (χ1v) is 7.26. The summed E-state index contributed by atoms with van der Waals surface area (Å²) in [5.41, 5.74) is 3.54. The SMILES string of the molecule is CCNC(c1cccc(N(C)C)c1)c1ccccc1Cl. The van der Waals surface area contributed by atoms with E-state index in [2.05, 4.69) is 61.6 Å². The summed E-state index contributed by atoms with van der Waals surface area (Å²) < 4.78 is 0. The van der Waals surface area contributed by atoms with Crippen molar-refractivity contribution in [2.75, 3.05) is 25.5 Å². The molecule has 0 aromatic heterocycles. The van der Waals surface area contributed by atoms with E-state index in [1.54, 1.807) is 0 Å². The molecule has 3 heteroatoms. The Hall–Kier alpha value is -1.51. The minimum atomic E-state index is 0.119. The van der Waals surface area contributed by atoms with Gasteiger partial charge in [0.1, 0.15) is 0 Å². The maximum Gasteiger partial charge on any atom is 0.0592 e. The number of rotatable bonds is 5. The Kier molecular flexibility index (Phi) is 5.05. The molecule has 0 spiro atoms. The van der Waals surface area contributed by atoms with Crippen molar-refractivity contribution in [1.29, 1.82) is 0 Å². The predicted octanol–water partition coefficient (Wildman–Crippen LogP) is 4.10. The van der Waals surface area contributed by atoms with E-state index in [4.69, 9.17) is 11.6 Å². The molecule has 0 amide bonds. The van der Waals surface area contributed by atoms with E-state index in [9.17, 15) is 0 Å². The van der Waals surface area contributed by atoms with E-state index < -0.39 is 0 Å². The summed E-state index contributed by atoms with van der Waals surface area (Å²) in [4.78, 5) is 2.11. The molecule has 0 bridgehead atoms. The number of nitrogens with zero attached hydrogens (tertiary/aromatic N) is 1. The van der Waals surface area contributed by atoms with Gasteiger partial charge >= 0.3 is 0 Å². The standard InChI is InChI=1S/C17H21ClN2/c1-4-19-17(15-10-5-6-11-16(15)18)13-8-7-9-14(12-13)20(2)3/h5-12,17,19H,4H2,1-3H3. The van der Waals surface area contributed by atoms with Crippen molar-refractivity contribution >= 4 is 17.3 Å². The fourth-order valence-electron chi connectivity index (χ4n) is 2.30. The molecule has 1 unspecified atom stereocenters. The lowest BCUT2D eigenvalue weighted by atomic mass is 9.98. The van der Waals surface area contributed by atoms with Crippen LogP contribution in [0.1, 0.15) is 24.1 Å². The van der Waals surface area contributed by atoms with Crippen LogP contribution in [0, 0.1) is 0 Å². The van der Waals surface area contributed by atoms with Gasteiger partial charge in [0, 0.05) is 24.8 Å². The first kappa shape index (κ1) is 14.9. The monoisotopic (exact) mass is 288 g/mol. The largest absolute Gasteiger partial charge is 0.378 e. The van der Waals surface area contributed by atoms with Crippen molar-refractivity contribution in [2.24, 2.45) is 0 Å². The molecule has 0 saturated carbocycles. The van der Waals surface area contributed by atoms with E-state index in [-0.39, 0.29) is 6.04 Å². The first-order chi connectivity index (χ1) is 9.63. The summed E-state index contributed by atoms with van der Waals surface area (Å²) in [6, 6.07) is 16.7. The van der Waals surface area contributed by atoms with E-state index in [0.29, 0.717) is 0 Å². The topological polar surface area (TPSA) is 15.3 Å². The highest BCUT2D eigenvalue weighted by molar-refractivity contribution is 6.31. The van der Waals surface area contributed by atoms with Crippen LogP contribution < -0.4 is 10.2 Å². The lowest BCUT2D eigenvalue weighted by Gasteiger charge is -2.22. The molecule has 0 radical (unpaired) electrons. The average molecular weight is 289 g/mol. The van der Waals surface area contributed by atoms with Crippen LogP contribution in [-0.2, 0) is 0 Å². The second-order valence-electron chi connectivity index (χ2n) is 5.00. The maximum atomic E-state index is 6.36. The summed E-state index contributed by atoms with van der Waals surface area (Å²) in [7, 11) is 4.10. The van der Waals surface area contributed by atoms with Crippen molar-refractivity contribution in [2.45, 2.75) is 13.0 Å². The lowest BCUT2D eigenvalue weighted by molar-refractivity contribution is 0.631. The fraction of sp³-hybridized carbons (Fsp3) is 0.294. The van der Waals surface area contributed by atoms with E-state index in [1.807, 2.05) is 18.2 Å². The number of hydrogen-bond donors (Lipinski definition) is 1. The van der Waals surface area contributed by atoms with Crippen LogP contribution in [0.3, 0.4) is 0 Å². The zero-order valence-corrected chi connectivity index (χ0v) is 13.0. The third-order valence-electron chi connectivity index (χ3n) is 3.34. The van der Waals surface area contributed by atoms with E-state index in [0.717, 1.165) is 17.1 Å². The molecule has 0 heterocycles. The van der Waals surface area contributed by atoms with E-state index in [1.165, 1.54) is 11.3 Å². The fourth-order valence-corrected chi connectivity index (χ4v) is 2.55. The minimum absolute atomic E-state index is 0.119. The quantitative estimate of drug-likeness (QED) is 0.891. The Morgan fingerprint density at radius 2 is 1.85 bits per heavy atom. The van der Waals surface area contributed by atoms with Gasteiger partial charge in [-0.3, -0.25) is 0 Å². The van der Waals surface area contributed by atoms with Gasteiger partial charge in [-0.2, -0.15) is 0 Å². The number of nitrogens with one attached hydrogen (secondary N) is 1. The second-order valence-corrected chi connectivity index (χ2v) is 5.41. The summed E-state index contributed by atoms with van der Waals surface area (Å²) in [5, 5.41) is 4.32. The molecule has 2 aromatic carbocycles. The predicted molar refractivity (Wildman–Crippen MR) is 87.7 cm³/mol. The number of halogens is 1. The molecule has 20 heavy (non-hydrogen) atoms. The van der Waals surface area contributed by atoms with Gasteiger partial charge in [-0.05, 0) is 35.9 Å². The van der Waals surface area contributed by atoms with Gasteiger partial charge in [0.2, 0.25) is 0 Å². The van der Waals surface area contributed by atoms with Crippen molar-refractivity contribution in [3.8, 4) is 0 Å². The summed E-state index contributed by atoms with van der Waals surface area (Å²) in [6.45, 7) is 3.00. The Morgan fingerprint density at radius 3 is 2.50 bits per heavy atom. The van der Waals surface area contributed by atoms with Crippen LogP contribution in [0.15, 0.2) is 48.5 Å². The summed E-state index contributed by atoms with van der Waals surface area (Å²) in [6.07, 6.45) is 0. The van der Waals surface area contributed by atoms with Crippen molar-refractivity contribution in [1.82, 2.24) is 5.32 Å². The zero-order valence-electron chi connectivity index (χ0n) is 12.2. The highest BCUT2D eigenvalue weighted by Crippen LogP contribution is 2.29. The van der Waals surface area contributed by atoms with E-state index >= 15 is 0 Å². The molecule has 2 rings (SSSR count). The Balaban J connectivity index is 2.43. The van der Waals surface area contributed by atoms with Gasteiger partial charge in [-0.15, -0.1) is 0 Å². The van der Waals surface area contributed by atoms with Crippen LogP contribution in [-0.4, -0.2) is 20.6 Å². The molecule has 0 aliphatic rings. The van der Waals surface area contributed by atoms with Crippen molar-refractivity contribution < 1.29 is 0 Å². The first-order valence-electron chi connectivity index (χ1n) is 6.88. The minimum Gasteiger partial charge on any atom is -0.378 e. The van der Waals surface area contributed by atoms with Gasteiger partial charge in [-0.25, -0.2) is 0 Å². The van der Waals surface area contributed by atoms with Crippen LogP contribution >= 0.6 is 11.6 Å². The van der Waals surface area contributed by atoms with Crippen LogP contribution in [0.25, 0.3) is 0 Å². The molecule has 2 aromatic rings. The highest BCUT2D eigenvalue weighted by Gasteiger charge is 2.16. The molecule has 2 nitrogen and oxygen atoms in total. The van der Waals surface area contributed by atoms with Crippen LogP contribution in [0.2, 0.25) is 5.02 Å². The maximum absolute atomic E-state index is 6.36. The smallest absolute Gasteiger partial charge is 0.0592 e. The van der Waals surface area contributed by atoms with Crippen molar-refractivity contribution in [3.63, 3.8) is 0 Å². The summed E-state index contributed by atoms with van der Waals surface area (Å²) >= 11 is 6.36. The van der Waals surface area contributed by atoms with Crippen molar-refractivity contribution in [3.05, 3.63) is 64.7 Å². The highest BCUT2D eigenvalue weighted by atomic mass is 35.5. The van der Waals surface area contributed by atoms with Crippen LogP contribution in [0.4, 0.5) is 5.69 Å². The Bertz CT molecular complexity index is 566. The molecule has 0 aliphatic carbocycles. The molecule has 1 atom stereocenters. The average Bonchev–Trinajstić information content (AvgIpc) is 2.46. The Morgan fingerprint density at radius 1 is 1.10 bits per heavy atom. The van der Waals surface area contributed by atoms with Gasteiger partial charge in [0.15, 0.2) is 0 Å². The second kappa shape index (κ2) is 6.78. The third kappa shape index (κ3) is 3.33. The summed E-state index contributed by atoms with van der Waals surface area (Å²) in [5.74, 6) is 0. The molecule has 106 valence electrons. The third-order valence-corrected chi connectivity index (χ3v) is 3.69. The van der Waals surface area contributed by atoms with Gasteiger partial charge in [-0.1, -0.05) is 48.9 Å². The van der Waals surface area contributed by atoms with Gasteiger partial charge < -0.3 is 10.2 Å². The van der Waals surface area contributed by atoms with Gasteiger partial charge in [0.25, 0.3) is 0 Å². The molecule has 0 fully saturated rings. The Labute approximate surface area is 126 Å². The number of anilines is 1. The molecule has 0 saturated heterocycles. The molecule has 0 aliphatic heterocycles. The molecular weight excluding hydrogens is 268 g/mol. The van der Waals surface area contributed by atoms with Gasteiger partial charge in [0.05, 0.1) is 6.04 Å². The zero-order chi connectivity index (χ0) is 14.5. The van der Waals surface area contributed by atoms with Crippen LogP contribution in [0.5, 0.6) is 0 Å². The number of hydrogen-bond acceptors (Lipinski definition) is 2. The molecular formula is C17H21ClN2. The lowest BCUT2D eigenvalue weighted by Crippen LogP contribution is -2.22. The normalized spacial score (nSPS) is 12.2.